The number of amides is 1. The molecule has 1 N–H and O–H groups in total. The van der Waals surface area contributed by atoms with E-state index in [1.165, 1.54) is 19.1 Å². The van der Waals surface area contributed by atoms with Gasteiger partial charge in [0, 0.05) is 12.2 Å². The van der Waals surface area contributed by atoms with Gasteiger partial charge in [0.05, 0.1) is 11.4 Å². The van der Waals surface area contributed by atoms with E-state index >= 15 is 0 Å². The third-order valence-corrected chi connectivity index (χ3v) is 5.97. The summed E-state index contributed by atoms with van der Waals surface area (Å²) in [4.78, 5) is 12.4. The SMILES string of the molecule is CCCN(CC(=O)Nc1ccccc1C)S(=O)(=O)c1ccc(F)cc1C. The van der Waals surface area contributed by atoms with Gasteiger partial charge in [-0.2, -0.15) is 4.31 Å². The monoisotopic (exact) mass is 378 g/mol. The highest BCUT2D eigenvalue weighted by atomic mass is 32.2. The van der Waals surface area contributed by atoms with E-state index in [1.807, 2.05) is 26.0 Å². The molecule has 5 nitrogen and oxygen atoms in total. The molecule has 0 fully saturated rings. The molecule has 1 amide bonds. The van der Waals surface area contributed by atoms with Crippen LogP contribution in [0.25, 0.3) is 0 Å². The molecule has 0 aliphatic heterocycles. The molecule has 0 saturated heterocycles. The van der Waals surface area contributed by atoms with Gasteiger partial charge in [-0.25, -0.2) is 12.8 Å². The average Bonchev–Trinajstić information content (AvgIpc) is 2.56. The van der Waals surface area contributed by atoms with Gasteiger partial charge in [-0.15, -0.1) is 0 Å². The van der Waals surface area contributed by atoms with E-state index in [4.69, 9.17) is 0 Å². The zero-order valence-electron chi connectivity index (χ0n) is 15.1. The largest absolute Gasteiger partial charge is 0.325 e. The second-order valence-electron chi connectivity index (χ2n) is 6.11. The molecule has 7 heteroatoms. The fourth-order valence-electron chi connectivity index (χ4n) is 2.64. The van der Waals surface area contributed by atoms with Crippen LogP contribution in [0.3, 0.4) is 0 Å². The number of halogens is 1. The molecule has 2 rings (SSSR count). The number of hydrogen-bond acceptors (Lipinski definition) is 3. The van der Waals surface area contributed by atoms with Gasteiger partial charge in [0.1, 0.15) is 5.82 Å². The van der Waals surface area contributed by atoms with E-state index in [9.17, 15) is 17.6 Å². The van der Waals surface area contributed by atoms with Crippen molar-refractivity contribution in [3.8, 4) is 0 Å². The molecule has 2 aromatic carbocycles. The Kier molecular flexibility index (Phi) is 6.50. The van der Waals surface area contributed by atoms with Crippen molar-refractivity contribution in [2.24, 2.45) is 0 Å². The van der Waals surface area contributed by atoms with Crippen LogP contribution in [0.2, 0.25) is 0 Å². The number of hydrogen-bond donors (Lipinski definition) is 1. The first-order chi connectivity index (χ1) is 12.3. The number of rotatable bonds is 7. The highest BCUT2D eigenvalue weighted by Gasteiger charge is 2.27. The van der Waals surface area contributed by atoms with Crippen molar-refractivity contribution in [3.63, 3.8) is 0 Å². The molecule has 0 atom stereocenters. The minimum Gasteiger partial charge on any atom is -0.325 e. The van der Waals surface area contributed by atoms with E-state index in [0.717, 1.165) is 15.9 Å². The predicted molar refractivity (Wildman–Crippen MR) is 100.0 cm³/mol. The van der Waals surface area contributed by atoms with Gasteiger partial charge in [0.15, 0.2) is 0 Å². The molecule has 0 aliphatic rings. The Morgan fingerprint density at radius 1 is 1.12 bits per heavy atom. The maximum Gasteiger partial charge on any atom is 0.243 e. The average molecular weight is 378 g/mol. The van der Waals surface area contributed by atoms with Gasteiger partial charge in [0.25, 0.3) is 0 Å². The Labute approximate surface area is 153 Å². The Morgan fingerprint density at radius 2 is 1.81 bits per heavy atom. The smallest absolute Gasteiger partial charge is 0.243 e. The van der Waals surface area contributed by atoms with Crippen LogP contribution in [-0.4, -0.2) is 31.7 Å². The zero-order valence-corrected chi connectivity index (χ0v) is 15.9. The van der Waals surface area contributed by atoms with Crippen molar-refractivity contribution in [1.82, 2.24) is 4.31 Å². The summed E-state index contributed by atoms with van der Waals surface area (Å²) in [5.41, 5.74) is 1.84. The third kappa shape index (κ3) is 4.68. The van der Waals surface area contributed by atoms with E-state index in [1.54, 1.807) is 12.1 Å². The van der Waals surface area contributed by atoms with Crippen LogP contribution in [-0.2, 0) is 14.8 Å². The van der Waals surface area contributed by atoms with Crippen molar-refractivity contribution in [2.75, 3.05) is 18.4 Å². The minimum atomic E-state index is -3.90. The third-order valence-electron chi connectivity index (χ3n) is 3.97. The second-order valence-corrected chi connectivity index (χ2v) is 8.02. The number of para-hydroxylation sites is 1. The fraction of sp³-hybridized carbons (Fsp3) is 0.316. The first-order valence-corrected chi connectivity index (χ1v) is 9.81. The minimum absolute atomic E-state index is 0.0102. The van der Waals surface area contributed by atoms with Crippen molar-refractivity contribution in [3.05, 3.63) is 59.4 Å². The summed E-state index contributed by atoms with van der Waals surface area (Å²) in [5.74, 6) is -0.920. The highest BCUT2D eigenvalue weighted by Crippen LogP contribution is 2.21. The van der Waals surface area contributed by atoms with Crippen LogP contribution in [0.1, 0.15) is 24.5 Å². The van der Waals surface area contributed by atoms with Crippen molar-refractivity contribution >= 4 is 21.6 Å². The number of carbonyl (C=O) groups is 1. The molecule has 26 heavy (non-hydrogen) atoms. The first-order valence-electron chi connectivity index (χ1n) is 8.37. The van der Waals surface area contributed by atoms with Crippen LogP contribution in [0.4, 0.5) is 10.1 Å². The number of nitrogens with one attached hydrogen (secondary N) is 1. The van der Waals surface area contributed by atoms with Gasteiger partial charge in [0.2, 0.25) is 15.9 Å². The van der Waals surface area contributed by atoms with Gasteiger partial charge >= 0.3 is 0 Å². The van der Waals surface area contributed by atoms with Crippen LogP contribution in [0.15, 0.2) is 47.4 Å². The van der Waals surface area contributed by atoms with Crippen LogP contribution in [0, 0.1) is 19.7 Å². The molecule has 0 unspecified atom stereocenters. The lowest BCUT2D eigenvalue weighted by Crippen LogP contribution is -2.38. The summed E-state index contributed by atoms with van der Waals surface area (Å²) in [6, 6.07) is 10.8. The summed E-state index contributed by atoms with van der Waals surface area (Å²) < 4.78 is 40.3. The number of sulfonamides is 1. The molecule has 0 aromatic heterocycles. The Balaban J connectivity index is 2.24. The molecular formula is C19H23FN2O3S. The summed E-state index contributed by atoms with van der Waals surface area (Å²) >= 11 is 0. The van der Waals surface area contributed by atoms with Crippen molar-refractivity contribution < 1.29 is 17.6 Å². The molecule has 0 saturated carbocycles. The molecule has 2 aromatic rings. The van der Waals surface area contributed by atoms with Gasteiger partial charge in [-0.05, 0) is 55.7 Å². The normalized spacial score (nSPS) is 11.6. The van der Waals surface area contributed by atoms with E-state index < -0.39 is 21.7 Å². The number of nitrogens with zero attached hydrogens (tertiary/aromatic N) is 1. The lowest BCUT2D eigenvalue weighted by atomic mass is 10.2. The summed E-state index contributed by atoms with van der Waals surface area (Å²) in [5, 5.41) is 2.74. The second kappa shape index (κ2) is 8.42. The van der Waals surface area contributed by atoms with Gasteiger partial charge in [-0.1, -0.05) is 25.1 Å². The van der Waals surface area contributed by atoms with Crippen molar-refractivity contribution in [1.29, 1.82) is 0 Å². The Hall–Kier alpha value is -2.25. The Morgan fingerprint density at radius 3 is 2.42 bits per heavy atom. The zero-order chi connectivity index (χ0) is 19.3. The van der Waals surface area contributed by atoms with Gasteiger partial charge in [-0.3, -0.25) is 4.79 Å². The summed E-state index contributed by atoms with van der Waals surface area (Å²) in [6.07, 6.45) is 0.553. The summed E-state index contributed by atoms with van der Waals surface area (Å²) in [7, 11) is -3.90. The quantitative estimate of drug-likeness (QED) is 0.802. The number of anilines is 1. The molecule has 0 aliphatic carbocycles. The maximum absolute atomic E-state index is 13.3. The van der Waals surface area contributed by atoms with Gasteiger partial charge < -0.3 is 5.32 Å². The number of carbonyl (C=O) groups excluding carboxylic acids is 1. The molecule has 0 bridgehead atoms. The van der Waals surface area contributed by atoms with Crippen LogP contribution in [0.5, 0.6) is 0 Å². The molecule has 140 valence electrons. The maximum atomic E-state index is 13.3. The van der Waals surface area contributed by atoms with E-state index in [2.05, 4.69) is 5.32 Å². The number of aryl methyl sites for hydroxylation is 2. The molecule has 0 spiro atoms. The topological polar surface area (TPSA) is 66.5 Å². The molecule has 0 heterocycles. The predicted octanol–water partition coefficient (Wildman–Crippen LogP) is 3.48. The molecule has 0 radical (unpaired) electrons. The van der Waals surface area contributed by atoms with Crippen LogP contribution < -0.4 is 5.32 Å². The lowest BCUT2D eigenvalue weighted by molar-refractivity contribution is -0.116. The lowest BCUT2D eigenvalue weighted by Gasteiger charge is -2.22. The first kappa shape index (κ1) is 20.1. The van der Waals surface area contributed by atoms with Crippen molar-refractivity contribution in [2.45, 2.75) is 32.1 Å². The molecular weight excluding hydrogens is 355 g/mol. The highest BCUT2D eigenvalue weighted by molar-refractivity contribution is 7.89. The van der Waals surface area contributed by atoms with E-state index in [0.29, 0.717) is 17.7 Å². The number of benzene rings is 2. The summed E-state index contributed by atoms with van der Waals surface area (Å²) in [6.45, 7) is 5.12. The van der Waals surface area contributed by atoms with E-state index in [-0.39, 0.29) is 18.0 Å². The standard InChI is InChI=1S/C19H23FN2O3S/c1-4-11-22(13-19(23)21-17-8-6-5-7-14(17)2)26(24,25)18-10-9-16(20)12-15(18)3/h5-10,12H,4,11,13H2,1-3H3,(H,21,23). The Bertz CT molecular complexity index is 897. The fourth-order valence-corrected chi connectivity index (χ4v) is 4.33. The van der Waals surface area contributed by atoms with Crippen LogP contribution >= 0.6 is 0 Å².